The van der Waals surface area contributed by atoms with Crippen LogP contribution in [-0.2, 0) is 14.8 Å². The van der Waals surface area contributed by atoms with Gasteiger partial charge in [0.05, 0.1) is 4.90 Å². The smallest absolute Gasteiger partial charge is 0.323 e. The first-order valence-corrected chi connectivity index (χ1v) is 10.6. The number of carboxylic acid groups (broad SMARTS) is 1. The topological polar surface area (TPSA) is 129 Å². The van der Waals surface area contributed by atoms with Crippen molar-refractivity contribution < 1.29 is 23.1 Å². The number of sulfonamides is 1. The summed E-state index contributed by atoms with van der Waals surface area (Å²) in [7, 11) is -2.75. The Hall–Kier alpha value is -3.76. The zero-order valence-electron chi connectivity index (χ0n) is 16.5. The number of aliphatic carboxylic acids is 1. The van der Waals surface area contributed by atoms with Crippen LogP contribution in [0.2, 0.25) is 0 Å². The van der Waals surface area contributed by atoms with E-state index in [9.17, 15) is 18.0 Å². The van der Waals surface area contributed by atoms with Crippen LogP contribution in [0.1, 0.15) is 0 Å². The number of aromatic nitrogens is 1. The quantitative estimate of drug-likeness (QED) is 0.518. The fourth-order valence-electron chi connectivity index (χ4n) is 2.80. The Morgan fingerprint density at radius 3 is 2.23 bits per heavy atom. The molecule has 0 atom stereocenters. The van der Waals surface area contributed by atoms with Gasteiger partial charge >= 0.3 is 12.0 Å². The minimum atomic E-state index is -3.96. The standard InChI is InChI=1S/C21H20N4O5S/c1-25(14-20(26)27)31(29,30)19-7-3-5-16(13-19)15-4-2-6-18(12-15)24-21(28)23-17-8-10-22-11-9-17/h2-13H,14H2,1H3,(H,26,27)(H2,22,23,24,28). The number of hydrogen-bond acceptors (Lipinski definition) is 5. The van der Waals surface area contributed by atoms with E-state index in [1.54, 1.807) is 60.9 Å². The van der Waals surface area contributed by atoms with Gasteiger partial charge in [0.2, 0.25) is 10.0 Å². The maximum absolute atomic E-state index is 12.6. The average Bonchev–Trinajstić information content (AvgIpc) is 2.74. The molecule has 1 aromatic heterocycles. The molecule has 3 N–H and O–H groups in total. The van der Waals surface area contributed by atoms with Crippen molar-refractivity contribution in [2.75, 3.05) is 24.2 Å². The Labute approximate surface area is 179 Å². The van der Waals surface area contributed by atoms with Crippen molar-refractivity contribution in [1.82, 2.24) is 9.29 Å². The highest BCUT2D eigenvalue weighted by molar-refractivity contribution is 7.89. The second-order valence-corrected chi connectivity index (χ2v) is 8.62. The molecule has 0 saturated carbocycles. The summed E-state index contributed by atoms with van der Waals surface area (Å²) < 4.78 is 26.0. The van der Waals surface area contributed by atoms with Crippen molar-refractivity contribution in [3.05, 3.63) is 73.1 Å². The van der Waals surface area contributed by atoms with Gasteiger partial charge in [-0.2, -0.15) is 4.31 Å². The van der Waals surface area contributed by atoms with Crippen LogP contribution in [0.4, 0.5) is 16.2 Å². The van der Waals surface area contributed by atoms with Gasteiger partial charge in [0.1, 0.15) is 6.54 Å². The van der Waals surface area contributed by atoms with E-state index >= 15 is 0 Å². The van der Waals surface area contributed by atoms with E-state index < -0.39 is 28.6 Å². The Balaban J connectivity index is 1.80. The van der Waals surface area contributed by atoms with Crippen molar-refractivity contribution in [2.24, 2.45) is 0 Å². The third kappa shape index (κ3) is 5.65. The number of urea groups is 1. The number of benzene rings is 2. The Morgan fingerprint density at radius 1 is 0.935 bits per heavy atom. The third-order valence-electron chi connectivity index (χ3n) is 4.29. The van der Waals surface area contributed by atoms with Gasteiger partial charge in [-0.3, -0.25) is 9.78 Å². The van der Waals surface area contributed by atoms with Gasteiger partial charge < -0.3 is 15.7 Å². The van der Waals surface area contributed by atoms with E-state index in [2.05, 4.69) is 15.6 Å². The van der Waals surface area contributed by atoms with Crippen LogP contribution >= 0.6 is 0 Å². The van der Waals surface area contributed by atoms with E-state index in [1.165, 1.54) is 19.2 Å². The molecule has 0 saturated heterocycles. The number of carbonyl (C=O) groups is 2. The molecule has 0 bridgehead atoms. The van der Waals surface area contributed by atoms with E-state index in [0.29, 0.717) is 22.5 Å². The van der Waals surface area contributed by atoms with Gasteiger partial charge in [0, 0.05) is 30.8 Å². The van der Waals surface area contributed by atoms with E-state index in [1.807, 2.05) is 0 Å². The summed E-state index contributed by atoms with van der Waals surface area (Å²) in [6.45, 7) is -0.640. The van der Waals surface area contributed by atoms with Crippen molar-refractivity contribution in [3.63, 3.8) is 0 Å². The number of anilines is 2. The highest BCUT2D eigenvalue weighted by atomic mass is 32.2. The number of carbonyl (C=O) groups excluding carboxylic acids is 1. The van der Waals surface area contributed by atoms with Crippen LogP contribution in [0.15, 0.2) is 78.0 Å². The average molecular weight is 440 g/mol. The first-order chi connectivity index (χ1) is 14.8. The minimum Gasteiger partial charge on any atom is -0.480 e. The number of amides is 2. The largest absolute Gasteiger partial charge is 0.480 e. The lowest BCUT2D eigenvalue weighted by molar-refractivity contribution is -0.137. The molecule has 0 unspecified atom stereocenters. The Kier molecular flexibility index (Phi) is 6.63. The van der Waals surface area contributed by atoms with E-state index in [-0.39, 0.29) is 4.90 Å². The monoisotopic (exact) mass is 440 g/mol. The van der Waals surface area contributed by atoms with E-state index in [4.69, 9.17) is 5.11 Å². The number of nitrogens with one attached hydrogen (secondary N) is 2. The molecule has 0 aliphatic carbocycles. The van der Waals surface area contributed by atoms with Crippen molar-refractivity contribution in [2.45, 2.75) is 4.90 Å². The number of rotatable bonds is 7. The lowest BCUT2D eigenvalue weighted by Crippen LogP contribution is -2.32. The molecule has 0 aliphatic heterocycles. The highest BCUT2D eigenvalue weighted by Crippen LogP contribution is 2.26. The second-order valence-electron chi connectivity index (χ2n) is 6.58. The zero-order valence-corrected chi connectivity index (χ0v) is 17.3. The summed E-state index contributed by atoms with van der Waals surface area (Å²) in [5.41, 5.74) is 2.38. The molecule has 3 aromatic rings. The molecule has 1 heterocycles. The van der Waals surface area contributed by atoms with Crippen LogP contribution in [-0.4, -0.2) is 48.4 Å². The molecule has 0 fully saturated rings. The van der Waals surface area contributed by atoms with Crippen LogP contribution < -0.4 is 10.6 Å². The molecule has 160 valence electrons. The summed E-state index contributed by atoms with van der Waals surface area (Å²) in [4.78, 5) is 26.9. The number of likely N-dealkylation sites (N-methyl/N-ethyl adjacent to an activating group) is 1. The Bertz CT molecular complexity index is 1200. The lowest BCUT2D eigenvalue weighted by Gasteiger charge is -2.15. The Morgan fingerprint density at radius 2 is 1.55 bits per heavy atom. The summed E-state index contributed by atoms with van der Waals surface area (Å²) in [6, 6.07) is 16.0. The molecular weight excluding hydrogens is 420 g/mol. The number of hydrogen-bond donors (Lipinski definition) is 3. The van der Waals surface area contributed by atoms with Crippen LogP contribution in [0.5, 0.6) is 0 Å². The molecule has 0 spiro atoms. The third-order valence-corrected chi connectivity index (χ3v) is 6.09. The number of carboxylic acids is 1. The molecule has 3 rings (SSSR count). The molecule has 0 radical (unpaired) electrons. The number of nitrogens with zero attached hydrogens (tertiary/aromatic N) is 2. The van der Waals surface area contributed by atoms with Gasteiger partial charge in [-0.1, -0.05) is 24.3 Å². The van der Waals surface area contributed by atoms with Crippen LogP contribution in [0.3, 0.4) is 0 Å². The fourth-order valence-corrected chi connectivity index (χ4v) is 3.96. The van der Waals surface area contributed by atoms with Crippen molar-refractivity contribution >= 4 is 33.4 Å². The fraction of sp³-hybridized carbons (Fsp3) is 0.0952. The molecular formula is C21H20N4O5S. The molecule has 10 heteroatoms. The van der Waals surface area contributed by atoms with Crippen molar-refractivity contribution in [1.29, 1.82) is 0 Å². The minimum absolute atomic E-state index is 0.0254. The maximum Gasteiger partial charge on any atom is 0.323 e. The van der Waals surface area contributed by atoms with Crippen molar-refractivity contribution in [3.8, 4) is 11.1 Å². The molecule has 31 heavy (non-hydrogen) atoms. The second kappa shape index (κ2) is 9.37. The predicted molar refractivity (Wildman–Crippen MR) is 116 cm³/mol. The molecule has 2 amide bonds. The predicted octanol–water partition coefficient (Wildman–Crippen LogP) is 3.10. The van der Waals surface area contributed by atoms with Gasteiger partial charge in [-0.25, -0.2) is 13.2 Å². The summed E-state index contributed by atoms with van der Waals surface area (Å²) in [5, 5.41) is 14.3. The summed E-state index contributed by atoms with van der Waals surface area (Å²) in [6.07, 6.45) is 3.12. The molecule has 0 aliphatic rings. The lowest BCUT2D eigenvalue weighted by atomic mass is 10.1. The normalized spacial score (nSPS) is 11.2. The summed E-state index contributed by atoms with van der Waals surface area (Å²) in [5.74, 6) is -1.24. The van der Waals surface area contributed by atoms with Gasteiger partial charge in [-0.05, 0) is 47.5 Å². The van der Waals surface area contributed by atoms with Crippen LogP contribution in [0, 0.1) is 0 Å². The van der Waals surface area contributed by atoms with Gasteiger partial charge in [-0.15, -0.1) is 0 Å². The summed E-state index contributed by atoms with van der Waals surface area (Å²) >= 11 is 0. The van der Waals surface area contributed by atoms with E-state index in [0.717, 1.165) is 4.31 Å². The maximum atomic E-state index is 12.6. The first kappa shape index (κ1) is 21.9. The van der Waals surface area contributed by atoms with Crippen LogP contribution in [0.25, 0.3) is 11.1 Å². The SMILES string of the molecule is CN(CC(=O)O)S(=O)(=O)c1cccc(-c2cccc(NC(=O)Nc3ccncc3)c2)c1. The molecule has 9 nitrogen and oxygen atoms in total. The highest BCUT2D eigenvalue weighted by Gasteiger charge is 2.23. The number of pyridine rings is 1. The zero-order chi connectivity index (χ0) is 22.4. The molecule has 2 aromatic carbocycles. The van der Waals surface area contributed by atoms with Gasteiger partial charge in [0.15, 0.2) is 0 Å². The van der Waals surface area contributed by atoms with Gasteiger partial charge in [0.25, 0.3) is 0 Å². The first-order valence-electron chi connectivity index (χ1n) is 9.12.